The molecule has 0 radical (unpaired) electrons. The lowest BCUT2D eigenvalue weighted by Crippen LogP contribution is -2.35. The number of methoxy groups -OCH3 is 2. The molecule has 2 atom stereocenters. The van der Waals surface area contributed by atoms with E-state index in [0.29, 0.717) is 51.8 Å². The number of benzene rings is 2. The summed E-state index contributed by atoms with van der Waals surface area (Å²) in [5.74, 6) is 1.26. The fraction of sp³-hybridized carbons (Fsp3) is 0.536. The van der Waals surface area contributed by atoms with E-state index < -0.39 is 15.1 Å². The molecule has 0 saturated heterocycles. The number of hydrogen-bond donors (Lipinski definition) is 0. The number of ketones is 1. The van der Waals surface area contributed by atoms with Crippen LogP contribution in [0.2, 0.25) is 5.02 Å². The Bertz CT molecular complexity index is 1280. The van der Waals surface area contributed by atoms with Crippen molar-refractivity contribution in [1.29, 1.82) is 0 Å². The van der Waals surface area contributed by atoms with Crippen LogP contribution in [-0.2, 0) is 16.3 Å². The van der Waals surface area contributed by atoms with E-state index >= 15 is 0 Å². The van der Waals surface area contributed by atoms with Crippen molar-refractivity contribution in [1.82, 2.24) is 4.90 Å². The van der Waals surface area contributed by atoms with E-state index in [1.165, 1.54) is 5.56 Å². The molecule has 0 spiro atoms. The summed E-state index contributed by atoms with van der Waals surface area (Å²) < 4.78 is 37.9. The molecule has 0 bridgehead atoms. The number of rotatable bonds is 10. The molecule has 1 heterocycles. The number of carbonyl (C=O) groups is 1. The molecule has 0 fully saturated rings. The van der Waals surface area contributed by atoms with E-state index in [4.69, 9.17) is 21.1 Å². The van der Waals surface area contributed by atoms with Crippen molar-refractivity contribution in [3.8, 4) is 11.5 Å². The second kappa shape index (κ2) is 11.9. The Kier molecular flexibility index (Phi) is 9.60. The number of hydrogen-bond acceptors (Lipinski definition) is 6. The van der Waals surface area contributed by atoms with Gasteiger partial charge in [-0.25, -0.2) is 8.42 Å². The molecule has 0 saturated carbocycles. The number of carbonyl (C=O) groups excluding carboxylic acids is 1. The lowest BCUT2D eigenvalue weighted by Gasteiger charge is -2.35. The highest BCUT2D eigenvalue weighted by atomic mass is 35.5. The molecule has 6 nitrogen and oxygen atoms in total. The zero-order valence-corrected chi connectivity index (χ0v) is 24.6. The van der Waals surface area contributed by atoms with Gasteiger partial charge in [0.05, 0.1) is 29.9 Å². The molecule has 0 aromatic heterocycles. The highest BCUT2D eigenvalue weighted by molar-refractivity contribution is 7.92. The number of ether oxygens (including phenoxy) is 2. The van der Waals surface area contributed by atoms with Gasteiger partial charge in [-0.1, -0.05) is 24.9 Å². The van der Waals surface area contributed by atoms with Crippen molar-refractivity contribution in [2.24, 2.45) is 0 Å². The zero-order chi connectivity index (χ0) is 26.2. The molecule has 1 aliphatic carbocycles. The summed E-state index contributed by atoms with van der Waals surface area (Å²) in [7, 11) is -0.262. The molecule has 2 aromatic rings. The summed E-state index contributed by atoms with van der Waals surface area (Å²) in [5.41, 5.74) is 4.41. The van der Waals surface area contributed by atoms with E-state index in [1.54, 1.807) is 33.3 Å². The molecule has 4 rings (SSSR count). The van der Waals surface area contributed by atoms with Gasteiger partial charge in [0.2, 0.25) is 0 Å². The maximum Gasteiger partial charge on any atom is 0.181 e. The lowest BCUT2D eigenvalue weighted by atomic mass is 9.92. The van der Waals surface area contributed by atoms with Gasteiger partial charge in [-0.2, -0.15) is 0 Å². The van der Waals surface area contributed by atoms with Crippen LogP contribution in [0, 0.1) is 13.8 Å². The minimum absolute atomic E-state index is 0. The normalized spacial score (nSPS) is 17.8. The van der Waals surface area contributed by atoms with E-state index in [9.17, 15) is 13.2 Å². The first-order valence-electron chi connectivity index (χ1n) is 12.7. The summed E-state index contributed by atoms with van der Waals surface area (Å²) in [6, 6.07) is 5.52. The number of halogens is 2. The van der Waals surface area contributed by atoms with E-state index in [-0.39, 0.29) is 24.2 Å². The van der Waals surface area contributed by atoms with Crippen LogP contribution in [0.15, 0.2) is 23.1 Å². The molecule has 2 unspecified atom stereocenters. The van der Waals surface area contributed by atoms with Gasteiger partial charge < -0.3 is 9.47 Å². The summed E-state index contributed by atoms with van der Waals surface area (Å²) in [6.07, 6.45) is 4.19. The maximum atomic E-state index is 13.4. The Morgan fingerprint density at radius 2 is 1.84 bits per heavy atom. The highest BCUT2D eigenvalue weighted by Gasteiger charge is 2.41. The van der Waals surface area contributed by atoms with Crippen molar-refractivity contribution in [2.45, 2.75) is 75.5 Å². The molecule has 204 valence electrons. The predicted octanol–water partition coefficient (Wildman–Crippen LogP) is 6.30. The van der Waals surface area contributed by atoms with Gasteiger partial charge in [0.25, 0.3) is 0 Å². The van der Waals surface area contributed by atoms with Crippen molar-refractivity contribution < 1.29 is 22.7 Å². The monoisotopic (exact) mass is 569 g/mol. The molecule has 0 amide bonds. The molecule has 2 aromatic carbocycles. The summed E-state index contributed by atoms with van der Waals surface area (Å²) in [4.78, 5) is 15.7. The summed E-state index contributed by atoms with van der Waals surface area (Å²) in [6.45, 7) is 7.29. The van der Waals surface area contributed by atoms with Gasteiger partial charge >= 0.3 is 0 Å². The minimum atomic E-state index is -3.44. The van der Waals surface area contributed by atoms with Gasteiger partial charge in [0, 0.05) is 24.0 Å². The topological polar surface area (TPSA) is 72.9 Å². The van der Waals surface area contributed by atoms with Crippen LogP contribution in [0.4, 0.5) is 0 Å². The van der Waals surface area contributed by atoms with Crippen molar-refractivity contribution in [2.75, 3.05) is 27.3 Å². The minimum Gasteiger partial charge on any atom is -0.493 e. The fourth-order valence-electron chi connectivity index (χ4n) is 5.81. The molecular weight excluding hydrogens is 533 g/mol. The standard InChI is InChI=1S/C28H36ClNO5S.ClH/c1-6-20(36(32,33)25-14-17(2)21(29)13-18(25)3)9-7-8-11-30-12-10-19-15-24(34-4)28(35-5)27-23(31)16-22(30)26(19)27;/h13-15,20,22H,6-12,16H2,1-5H3;1H. The second-order valence-corrected chi connectivity index (χ2v) is 12.5. The van der Waals surface area contributed by atoms with Crippen molar-refractivity contribution in [3.63, 3.8) is 0 Å². The van der Waals surface area contributed by atoms with Crippen LogP contribution < -0.4 is 9.47 Å². The quantitative estimate of drug-likeness (QED) is 0.312. The Morgan fingerprint density at radius 3 is 2.49 bits per heavy atom. The SMILES string of the molecule is CCC(CCCCN1CCc2cc(OC)c(OC)c3c2C1CC3=O)S(=O)(=O)c1cc(C)c(Cl)cc1C.Cl. The Morgan fingerprint density at radius 1 is 1.11 bits per heavy atom. The van der Waals surface area contributed by atoms with Gasteiger partial charge in [0.15, 0.2) is 27.1 Å². The fourth-order valence-corrected chi connectivity index (χ4v) is 8.15. The Labute approximate surface area is 232 Å². The van der Waals surface area contributed by atoms with Crippen LogP contribution in [0.3, 0.4) is 0 Å². The third-order valence-corrected chi connectivity index (χ3v) is 10.7. The third kappa shape index (κ3) is 5.51. The summed E-state index contributed by atoms with van der Waals surface area (Å²) in [5, 5.41) is 0.169. The Hall–Kier alpha value is -1.80. The number of Topliss-reactive ketones (excluding diaryl/α,β-unsaturated/α-hetero) is 1. The molecule has 37 heavy (non-hydrogen) atoms. The molecule has 9 heteroatoms. The molecule has 2 aliphatic rings. The lowest BCUT2D eigenvalue weighted by molar-refractivity contribution is 0.0946. The number of unbranched alkanes of at least 4 members (excludes halogenated alkanes) is 1. The van der Waals surface area contributed by atoms with Gasteiger partial charge in [0.1, 0.15) is 0 Å². The molecular formula is C28H37Cl2NO5S. The van der Waals surface area contributed by atoms with Crippen molar-refractivity contribution in [3.05, 3.63) is 51.0 Å². The van der Waals surface area contributed by atoms with Gasteiger partial charge in [-0.15, -0.1) is 12.4 Å². The molecule has 0 N–H and O–H groups in total. The van der Waals surface area contributed by atoms with Gasteiger partial charge in [-0.3, -0.25) is 9.69 Å². The largest absolute Gasteiger partial charge is 0.493 e. The Balaban J connectivity index is 0.00000380. The maximum absolute atomic E-state index is 13.4. The number of aryl methyl sites for hydroxylation is 2. The third-order valence-electron chi connectivity index (χ3n) is 7.77. The highest BCUT2D eigenvalue weighted by Crippen LogP contribution is 2.48. The smallest absolute Gasteiger partial charge is 0.181 e. The van der Waals surface area contributed by atoms with Crippen LogP contribution >= 0.6 is 24.0 Å². The number of sulfone groups is 1. The first kappa shape index (κ1) is 29.8. The van der Waals surface area contributed by atoms with E-state index in [1.807, 2.05) is 19.9 Å². The predicted molar refractivity (Wildman–Crippen MR) is 150 cm³/mol. The van der Waals surface area contributed by atoms with Crippen LogP contribution in [0.1, 0.15) is 77.7 Å². The summed E-state index contributed by atoms with van der Waals surface area (Å²) >= 11 is 6.19. The van der Waals surface area contributed by atoms with E-state index in [2.05, 4.69) is 4.90 Å². The first-order chi connectivity index (χ1) is 17.1. The van der Waals surface area contributed by atoms with Crippen LogP contribution in [0.5, 0.6) is 11.5 Å². The first-order valence-corrected chi connectivity index (χ1v) is 14.6. The van der Waals surface area contributed by atoms with Crippen LogP contribution in [0.25, 0.3) is 0 Å². The molecule has 1 aliphatic heterocycles. The van der Waals surface area contributed by atoms with Gasteiger partial charge in [-0.05, 0) is 86.5 Å². The average molecular weight is 571 g/mol. The number of nitrogens with zero attached hydrogens (tertiary/aromatic N) is 1. The van der Waals surface area contributed by atoms with E-state index in [0.717, 1.165) is 43.5 Å². The van der Waals surface area contributed by atoms with Crippen molar-refractivity contribution >= 4 is 39.6 Å². The van der Waals surface area contributed by atoms with Crippen LogP contribution in [-0.4, -0.2) is 51.7 Å². The average Bonchev–Trinajstić information content (AvgIpc) is 3.20. The zero-order valence-electron chi connectivity index (χ0n) is 22.2. The second-order valence-electron chi connectivity index (χ2n) is 9.93.